The average Bonchev–Trinajstić information content (AvgIpc) is 2.88. The average molecular weight is 355 g/mol. The van der Waals surface area contributed by atoms with Crippen molar-refractivity contribution in [2.75, 3.05) is 23.7 Å². The molecule has 1 aliphatic carbocycles. The molecule has 21 heavy (non-hydrogen) atoms. The van der Waals surface area contributed by atoms with Crippen LogP contribution in [-0.2, 0) is 0 Å². The van der Waals surface area contributed by atoms with Gasteiger partial charge in [0.1, 0.15) is 22.4 Å². The SMILES string of the molecule is CCNc1ncnc(NCC2(CC(C)C)CCCC2)c1Br. The lowest BCUT2D eigenvalue weighted by Crippen LogP contribution is -2.29. The quantitative estimate of drug-likeness (QED) is 0.745. The van der Waals surface area contributed by atoms with Crippen molar-refractivity contribution < 1.29 is 0 Å². The van der Waals surface area contributed by atoms with Crippen molar-refractivity contribution in [1.82, 2.24) is 9.97 Å². The smallest absolute Gasteiger partial charge is 0.145 e. The maximum absolute atomic E-state index is 4.38. The normalized spacial score (nSPS) is 17.2. The predicted octanol–water partition coefficient (Wildman–Crippen LogP) is 4.69. The summed E-state index contributed by atoms with van der Waals surface area (Å²) < 4.78 is 0.935. The highest BCUT2D eigenvalue weighted by atomic mass is 79.9. The van der Waals surface area contributed by atoms with Crippen LogP contribution in [0.3, 0.4) is 0 Å². The van der Waals surface area contributed by atoms with Gasteiger partial charge in [-0.25, -0.2) is 9.97 Å². The molecule has 2 N–H and O–H groups in total. The van der Waals surface area contributed by atoms with Gasteiger partial charge in [-0.2, -0.15) is 0 Å². The van der Waals surface area contributed by atoms with Crippen LogP contribution in [0.25, 0.3) is 0 Å². The van der Waals surface area contributed by atoms with Gasteiger partial charge in [0, 0.05) is 13.1 Å². The highest BCUT2D eigenvalue weighted by Crippen LogP contribution is 2.43. The van der Waals surface area contributed by atoms with Gasteiger partial charge in [-0.05, 0) is 53.4 Å². The van der Waals surface area contributed by atoms with Crippen LogP contribution in [0, 0.1) is 11.3 Å². The van der Waals surface area contributed by atoms with Gasteiger partial charge in [-0.1, -0.05) is 26.7 Å². The lowest BCUT2D eigenvalue weighted by Gasteiger charge is -2.31. The van der Waals surface area contributed by atoms with Crippen LogP contribution in [-0.4, -0.2) is 23.1 Å². The van der Waals surface area contributed by atoms with Crippen LogP contribution in [0.4, 0.5) is 11.6 Å². The molecule has 1 heterocycles. The van der Waals surface area contributed by atoms with Crippen molar-refractivity contribution in [3.8, 4) is 0 Å². The van der Waals surface area contributed by atoms with Crippen LogP contribution in [0.2, 0.25) is 0 Å². The number of halogens is 1. The second-order valence-electron chi connectivity index (χ2n) is 6.57. The summed E-state index contributed by atoms with van der Waals surface area (Å²) in [5.74, 6) is 2.51. The number of hydrogen-bond acceptors (Lipinski definition) is 4. The topological polar surface area (TPSA) is 49.8 Å². The molecule has 1 aromatic rings. The molecule has 1 aromatic heterocycles. The first-order valence-corrected chi connectivity index (χ1v) is 8.84. The van der Waals surface area contributed by atoms with E-state index in [2.05, 4.69) is 57.3 Å². The molecule has 0 saturated heterocycles. The highest BCUT2D eigenvalue weighted by Gasteiger charge is 2.34. The van der Waals surface area contributed by atoms with Crippen molar-refractivity contribution in [1.29, 1.82) is 0 Å². The van der Waals surface area contributed by atoms with Crippen LogP contribution < -0.4 is 10.6 Å². The van der Waals surface area contributed by atoms with Crippen molar-refractivity contribution in [3.05, 3.63) is 10.8 Å². The van der Waals surface area contributed by atoms with Gasteiger partial charge >= 0.3 is 0 Å². The minimum Gasteiger partial charge on any atom is -0.369 e. The Bertz CT molecular complexity index is 456. The number of rotatable bonds is 7. The third-order valence-electron chi connectivity index (χ3n) is 4.27. The highest BCUT2D eigenvalue weighted by molar-refractivity contribution is 9.10. The van der Waals surface area contributed by atoms with Crippen LogP contribution in [0.5, 0.6) is 0 Å². The maximum atomic E-state index is 4.38. The van der Waals surface area contributed by atoms with Crippen molar-refractivity contribution in [2.24, 2.45) is 11.3 Å². The molecule has 1 aliphatic rings. The summed E-state index contributed by atoms with van der Waals surface area (Å²) in [5, 5.41) is 6.81. The Morgan fingerprint density at radius 3 is 2.38 bits per heavy atom. The van der Waals surface area contributed by atoms with E-state index in [1.54, 1.807) is 6.33 Å². The number of nitrogens with one attached hydrogen (secondary N) is 2. The van der Waals surface area contributed by atoms with Crippen LogP contribution in [0.15, 0.2) is 10.8 Å². The summed E-state index contributed by atoms with van der Waals surface area (Å²) >= 11 is 3.61. The van der Waals surface area contributed by atoms with Gasteiger partial charge in [0.15, 0.2) is 0 Å². The first-order chi connectivity index (χ1) is 10.1. The number of aromatic nitrogens is 2. The van der Waals surface area contributed by atoms with Crippen molar-refractivity contribution in [3.63, 3.8) is 0 Å². The number of anilines is 2. The van der Waals surface area contributed by atoms with E-state index in [9.17, 15) is 0 Å². The van der Waals surface area contributed by atoms with E-state index in [4.69, 9.17) is 0 Å². The second kappa shape index (κ2) is 7.43. The monoisotopic (exact) mass is 354 g/mol. The van der Waals surface area contributed by atoms with E-state index >= 15 is 0 Å². The molecule has 118 valence electrons. The standard InChI is InChI=1S/C16H27BrN4/c1-4-18-14-13(17)15(21-11-20-14)19-10-16(9-12(2)3)7-5-6-8-16/h11-12H,4-10H2,1-3H3,(H2,18,19,20,21). The van der Waals surface area contributed by atoms with Crippen molar-refractivity contribution >= 4 is 27.6 Å². The van der Waals surface area contributed by atoms with Gasteiger partial charge in [-0.3, -0.25) is 0 Å². The summed E-state index contributed by atoms with van der Waals surface area (Å²) in [6.07, 6.45) is 8.31. The van der Waals surface area contributed by atoms with Gasteiger partial charge in [0.25, 0.3) is 0 Å². The third-order valence-corrected chi connectivity index (χ3v) is 5.02. The van der Waals surface area contributed by atoms with Crippen LogP contribution in [0.1, 0.15) is 52.9 Å². The molecule has 1 fully saturated rings. The number of nitrogens with zero attached hydrogens (tertiary/aromatic N) is 2. The van der Waals surface area contributed by atoms with Crippen LogP contribution >= 0.6 is 15.9 Å². The lowest BCUT2D eigenvalue weighted by molar-refractivity contribution is 0.252. The Kier molecular flexibility index (Phi) is 5.85. The Hall–Kier alpha value is -0.840. The zero-order chi connectivity index (χ0) is 15.3. The first-order valence-electron chi connectivity index (χ1n) is 8.04. The lowest BCUT2D eigenvalue weighted by atomic mass is 9.78. The zero-order valence-corrected chi connectivity index (χ0v) is 15.0. The molecule has 0 bridgehead atoms. The molecule has 0 spiro atoms. The Morgan fingerprint density at radius 1 is 1.19 bits per heavy atom. The maximum Gasteiger partial charge on any atom is 0.145 e. The number of hydrogen-bond donors (Lipinski definition) is 2. The molecular formula is C16H27BrN4. The molecular weight excluding hydrogens is 328 g/mol. The Balaban J connectivity index is 2.05. The third kappa shape index (κ3) is 4.31. The van der Waals surface area contributed by atoms with Gasteiger partial charge in [-0.15, -0.1) is 0 Å². The van der Waals surface area contributed by atoms with E-state index in [1.807, 2.05) is 0 Å². The van der Waals surface area contributed by atoms with E-state index < -0.39 is 0 Å². The summed E-state index contributed by atoms with van der Waals surface area (Å²) in [6, 6.07) is 0. The second-order valence-corrected chi connectivity index (χ2v) is 7.37. The molecule has 0 aliphatic heterocycles. The fraction of sp³-hybridized carbons (Fsp3) is 0.750. The minimum atomic E-state index is 0.441. The zero-order valence-electron chi connectivity index (χ0n) is 13.4. The summed E-state index contributed by atoms with van der Waals surface area (Å²) in [6.45, 7) is 8.57. The first kappa shape index (κ1) is 16.5. The molecule has 5 heteroatoms. The Labute approximate surface area is 136 Å². The molecule has 0 radical (unpaired) electrons. The summed E-state index contributed by atoms with van der Waals surface area (Å²) in [5.41, 5.74) is 0.441. The fourth-order valence-corrected chi connectivity index (χ4v) is 3.98. The van der Waals surface area contributed by atoms with E-state index in [-0.39, 0.29) is 0 Å². The minimum absolute atomic E-state index is 0.441. The fourth-order valence-electron chi connectivity index (χ4n) is 3.50. The predicted molar refractivity (Wildman–Crippen MR) is 92.7 cm³/mol. The Morgan fingerprint density at radius 2 is 1.81 bits per heavy atom. The molecule has 0 aromatic carbocycles. The van der Waals surface area contributed by atoms with E-state index in [1.165, 1.54) is 32.1 Å². The van der Waals surface area contributed by atoms with E-state index in [0.717, 1.165) is 35.1 Å². The molecule has 4 nitrogen and oxygen atoms in total. The summed E-state index contributed by atoms with van der Waals surface area (Å²) in [7, 11) is 0. The van der Waals surface area contributed by atoms with Crippen molar-refractivity contribution in [2.45, 2.75) is 52.9 Å². The largest absolute Gasteiger partial charge is 0.369 e. The van der Waals surface area contributed by atoms with Gasteiger partial charge in [0.05, 0.1) is 0 Å². The van der Waals surface area contributed by atoms with E-state index in [0.29, 0.717) is 5.41 Å². The molecule has 2 rings (SSSR count). The molecule has 0 unspecified atom stereocenters. The van der Waals surface area contributed by atoms with Gasteiger partial charge in [0.2, 0.25) is 0 Å². The van der Waals surface area contributed by atoms with Gasteiger partial charge < -0.3 is 10.6 Å². The molecule has 1 saturated carbocycles. The molecule has 0 atom stereocenters. The summed E-state index contributed by atoms with van der Waals surface area (Å²) in [4.78, 5) is 8.65. The molecule has 0 amide bonds.